The lowest BCUT2D eigenvalue weighted by molar-refractivity contribution is -0.116. The minimum atomic E-state index is -4.33. The van der Waals surface area contributed by atoms with Crippen LogP contribution in [0.3, 0.4) is 0 Å². The second-order valence-corrected chi connectivity index (χ2v) is 12.0. The molecule has 1 aliphatic carbocycles. The average molecular weight is 537 g/mol. The number of nitrogens with one attached hydrogen (secondary N) is 1. The van der Waals surface area contributed by atoms with Crippen molar-refractivity contribution in [3.63, 3.8) is 0 Å². The number of anilines is 1. The largest absolute Gasteiger partial charge is 0.438 e. The Hall–Kier alpha value is -4.05. The smallest absolute Gasteiger partial charge is 0.281 e. The fourth-order valence-electron chi connectivity index (χ4n) is 4.61. The van der Waals surface area contributed by atoms with Crippen LogP contribution in [0.5, 0.6) is 11.6 Å². The van der Waals surface area contributed by atoms with Crippen LogP contribution in [-0.2, 0) is 14.8 Å². The van der Waals surface area contributed by atoms with Gasteiger partial charge in [-0.15, -0.1) is 0 Å². The number of ether oxygens (including phenoxy) is 1. The van der Waals surface area contributed by atoms with E-state index in [9.17, 15) is 18.0 Å². The normalized spacial score (nSPS) is 15.1. The molecular formula is C28H32N4O5S. The predicted molar refractivity (Wildman–Crippen MR) is 146 cm³/mol. The average Bonchev–Trinajstić information content (AvgIpc) is 2.79. The number of rotatable bonds is 6. The number of carbonyl (C=O) groups excluding carboxylic acids is 2. The maximum atomic E-state index is 13.3. The zero-order valence-corrected chi connectivity index (χ0v) is 22.8. The van der Waals surface area contributed by atoms with Gasteiger partial charge in [0.05, 0.1) is 5.69 Å². The van der Waals surface area contributed by atoms with Gasteiger partial charge in [0.25, 0.3) is 15.9 Å². The Bertz CT molecular complexity index is 1580. The highest BCUT2D eigenvalue weighted by Crippen LogP contribution is 2.39. The standard InChI is InChI=1S/C28H30N4O5S.H2/c1-16-11-17(2)25(18(3)12-16)37-27-21(26(34)32-38(35,36)24-8-6-7-23(29)31-24)9-10-22(30-27)19-13-20(33)15-28(4,5)14-19;/h6-13H,14-15H2,1-5H3,(H2,29,31)(H,32,34);1H. The van der Waals surface area contributed by atoms with Crippen LogP contribution in [0, 0.1) is 26.2 Å². The van der Waals surface area contributed by atoms with Crippen LogP contribution >= 0.6 is 0 Å². The molecule has 2 heterocycles. The number of pyridine rings is 2. The summed E-state index contributed by atoms with van der Waals surface area (Å²) in [7, 11) is -4.33. The van der Waals surface area contributed by atoms with E-state index in [1.807, 2.05) is 51.5 Å². The number of benzene rings is 1. The van der Waals surface area contributed by atoms with Gasteiger partial charge in [0.2, 0.25) is 5.88 Å². The van der Waals surface area contributed by atoms with Crippen molar-refractivity contribution in [3.8, 4) is 11.6 Å². The number of hydrogen-bond acceptors (Lipinski definition) is 8. The fraction of sp³-hybridized carbons (Fsp3) is 0.286. The molecule has 0 saturated carbocycles. The second kappa shape index (κ2) is 10.0. The van der Waals surface area contributed by atoms with Crippen LogP contribution in [0.1, 0.15) is 60.9 Å². The van der Waals surface area contributed by atoms with E-state index in [4.69, 9.17) is 10.5 Å². The Morgan fingerprint density at radius 2 is 1.74 bits per heavy atom. The number of aryl methyl sites for hydroxylation is 3. The second-order valence-electron chi connectivity index (χ2n) is 10.4. The van der Waals surface area contributed by atoms with Gasteiger partial charge in [-0.05, 0) is 79.6 Å². The van der Waals surface area contributed by atoms with Crippen LogP contribution in [0.2, 0.25) is 0 Å². The molecule has 2 aromatic heterocycles. The zero-order chi connectivity index (χ0) is 27.8. The van der Waals surface area contributed by atoms with Gasteiger partial charge in [0, 0.05) is 7.85 Å². The molecule has 0 saturated heterocycles. The number of allylic oxidation sites excluding steroid dienone is 2. The van der Waals surface area contributed by atoms with Crippen molar-refractivity contribution in [2.45, 2.75) is 52.5 Å². The number of hydrogen-bond donors (Lipinski definition) is 2. The third kappa shape index (κ3) is 5.91. The molecule has 4 rings (SSSR count). The number of sulfonamides is 1. The zero-order valence-electron chi connectivity index (χ0n) is 22.0. The van der Waals surface area contributed by atoms with Crippen molar-refractivity contribution in [3.05, 3.63) is 76.5 Å². The molecule has 38 heavy (non-hydrogen) atoms. The van der Waals surface area contributed by atoms with Crippen molar-refractivity contribution in [1.29, 1.82) is 0 Å². The van der Waals surface area contributed by atoms with Gasteiger partial charge in [0.1, 0.15) is 17.1 Å². The van der Waals surface area contributed by atoms with Crippen molar-refractivity contribution < 1.29 is 24.2 Å². The summed E-state index contributed by atoms with van der Waals surface area (Å²) < 4.78 is 33.9. The van der Waals surface area contributed by atoms with E-state index in [0.717, 1.165) is 22.3 Å². The maximum absolute atomic E-state index is 13.3. The summed E-state index contributed by atoms with van der Waals surface area (Å²) in [5.41, 5.74) is 9.16. The number of nitrogens with zero attached hydrogens (tertiary/aromatic N) is 2. The van der Waals surface area contributed by atoms with E-state index >= 15 is 0 Å². The highest BCUT2D eigenvalue weighted by Gasteiger charge is 2.30. The number of nitrogen functional groups attached to an aromatic ring is 1. The van der Waals surface area contributed by atoms with E-state index < -0.39 is 21.0 Å². The minimum Gasteiger partial charge on any atom is -0.438 e. The summed E-state index contributed by atoms with van der Waals surface area (Å²) >= 11 is 0. The Labute approximate surface area is 223 Å². The van der Waals surface area contributed by atoms with E-state index in [1.165, 1.54) is 24.3 Å². The first kappa shape index (κ1) is 27.0. The number of aromatic nitrogens is 2. The summed E-state index contributed by atoms with van der Waals surface area (Å²) in [6, 6.07) is 11.0. The molecule has 0 unspecified atom stereocenters. The fourth-order valence-corrected chi connectivity index (χ4v) is 5.56. The molecular weight excluding hydrogens is 504 g/mol. The molecule has 1 amide bonds. The van der Waals surface area contributed by atoms with Gasteiger partial charge in [-0.25, -0.2) is 14.7 Å². The molecule has 0 fully saturated rings. The van der Waals surface area contributed by atoms with Crippen LogP contribution in [0.25, 0.3) is 5.57 Å². The number of amides is 1. The lowest BCUT2D eigenvalue weighted by atomic mass is 9.76. The van der Waals surface area contributed by atoms with Crippen LogP contribution in [0.15, 0.2) is 53.6 Å². The molecule has 1 aromatic carbocycles. The number of nitrogens with two attached hydrogens (primary N) is 1. The molecule has 3 aromatic rings. The lowest BCUT2D eigenvalue weighted by Crippen LogP contribution is -2.31. The predicted octanol–water partition coefficient (Wildman–Crippen LogP) is 4.91. The molecule has 1 aliphatic rings. The van der Waals surface area contributed by atoms with Crippen molar-refractivity contribution in [2.24, 2.45) is 5.41 Å². The van der Waals surface area contributed by atoms with Crippen LogP contribution in [-0.4, -0.2) is 30.1 Å². The van der Waals surface area contributed by atoms with Crippen molar-refractivity contribution in [2.75, 3.05) is 5.73 Å². The molecule has 200 valence electrons. The Morgan fingerprint density at radius 1 is 1.05 bits per heavy atom. The highest BCUT2D eigenvalue weighted by atomic mass is 32.2. The van der Waals surface area contributed by atoms with E-state index in [1.54, 1.807) is 12.1 Å². The Kier molecular flexibility index (Phi) is 7.12. The van der Waals surface area contributed by atoms with E-state index in [2.05, 4.69) is 9.97 Å². The summed E-state index contributed by atoms with van der Waals surface area (Å²) in [6.45, 7) is 9.72. The van der Waals surface area contributed by atoms with Gasteiger partial charge >= 0.3 is 0 Å². The van der Waals surface area contributed by atoms with E-state index in [-0.39, 0.29) is 29.9 Å². The molecule has 9 nitrogen and oxygen atoms in total. The summed E-state index contributed by atoms with van der Waals surface area (Å²) in [6.07, 6.45) is 2.60. The minimum absolute atomic E-state index is 0. The van der Waals surface area contributed by atoms with Crippen LogP contribution in [0.4, 0.5) is 5.82 Å². The molecule has 0 aliphatic heterocycles. The molecule has 10 heteroatoms. The number of carbonyl (C=O) groups is 2. The topological polar surface area (TPSA) is 141 Å². The van der Waals surface area contributed by atoms with Crippen molar-refractivity contribution in [1.82, 2.24) is 14.7 Å². The first-order chi connectivity index (χ1) is 17.7. The molecule has 0 spiro atoms. The maximum Gasteiger partial charge on any atom is 0.281 e. The van der Waals surface area contributed by atoms with E-state index in [0.29, 0.717) is 24.3 Å². The monoisotopic (exact) mass is 536 g/mol. The summed E-state index contributed by atoms with van der Waals surface area (Å²) in [5, 5.41) is -0.392. The quantitative estimate of drug-likeness (QED) is 0.452. The SMILES string of the molecule is Cc1cc(C)c(Oc2nc(C3=CC(=O)CC(C)(C)C3)ccc2C(=O)NS(=O)(=O)c2cccc(N)n2)c(C)c1.[HH]. The van der Waals surface area contributed by atoms with Crippen molar-refractivity contribution >= 4 is 33.1 Å². The molecule has 0 radical (unpaired) electrons. The molecule has 3 N–H and O–H groups in total. The summed E-state index contributed by atoms with van der Waals surface area (Å²) in [4.78, 5) is 34.0. The Balaban J connectivity index is 0.00000420. The van der Waals surface area contributed by atoms with Crippen LogP contribution < -0.4 is 15.2 Å². The third-order valence-corrected chi connectivity index (χ3v) is 7.37. The van der Waals surface area contributed by atoms with Gasteiger partial charge < -0.3 is 10.5 Å². The van der Waals surface area contributed by atoms with Gasteiger partial charge in [-0.2, -0.15) is 8.42 Å². The molecule has 0 atom stereocenters. The first-order valence-electron chi connectivity index (χ1n) is 12.0. The first-order valence-corrected chi connectivity index (χ1v) is 13.5. The highest BCUT2D eigenvalue weighted by molar-refractivity contribution is 7.90. The third-order valence-electron chi connectivity index (χ3n) is 6.14. The van der Waals surface area contributed by atoms with Gasteiger partial charge in [-0.1, -0.05) is 37.6 Å². The van der Waals surface area contributed by atoms with Gasteiger partial charge in [0.15, 0.2) is 10.8 Å². The summed E-state index contributed by atoms with van der Waals surface area (Å²) in [5.74, 6) is -0.530. The number of ketones is 1. The van der Waals surface area contributed by atoms with Gasteiger partial charge in [-0.3, -0.25) is 9.59 Å². The Morgan fingerprint density at radius 3 is 2.37 bits per heavy atom. The molecule has 0 bridgehead atoms. The lowest BCUT2D eigenvalue weighted by Gasteiger charge is -2.28.